The molecule has 3 nitrogen and oxygen atoms in total. The molecular formula is C12H15NO2. The number of nitrogens with one attached hydrogen (secondary N) is 1. The van der Waals surface area contributed by atoms with Gasteiger partial charge in [-0.25, -0.2) is 4.79 Å². The van der Waals surface area contributed by atoms with E-state index < -0.39 is 0 Å². The van der Waals surface area contributed by atoms with Gasteiger partial charge in [0.15, 0.2) is 0 Å². The third-order valence-electron chi connectivity index (χ3n) is 2.66. The Labute approximate surface area is 89.4 Å². The molecule has 15 heavy (non-hydrogen) atoms. The lowest BCUT2D eigenvalue weighted by Crippen LogP contribution is -2.26. The third kappa shape index (κ3) is 1.96. The lowest BCUT2D eigenvalue weighted by Gasteiger charge is -2.20. The topological polar surface area (TPSA) is 38.3 Å². The molecule has 0 aromatic heterocycles. The van der Waals surface area contributed by atoms with Gasteiger partial charge < -0.3 is 10.1 Å². The number of carbonyl (C=O) groups excluding carboxylic acids is 1. The number of benzene rings is 1. The molecule has 1 fully saturated rings. The Morgan fingerprint density at radius 1 is 1.27 bits per heavy atom. The maximum absolute atomic E-state index is 11.2. The minimum atomic E-state index is -0.317. The zero-order valence-corrected chi connectivity index (χ0v) is 8.94. The fourth-order valence-electron chi connectivity index (χ4n) is 1.89. The van der Waals surface area contributed by atoms with Crippen LogP contribution in [0.4, 0.5) is 4.79 Å². The van der Waals surface area contributed by atoms with Gasteiger partial charge in [-0.3, -0.25) is 0 Å². The van der Waals surface area contributed by atoms with Crippen LogP contribution in [0.2, 0.25) is 0 Å². The molecule has 0 unspecified atom stereocenters. The summed E-state index contributed by atoms with van der Waals surface area (Å²) in [5, 5.41) is 2.84. The summed E-state index contributed by atoms with van der Waals surface area (Å²) in [6.07, 6.45) is -0.387. The molecule has 0 radical (unpaired) electrons. The summed E-state index contributed by atoms with van der Waals surface area (Å²) in [6.45, 7) is 4.11. The second-order valence-corrected chi connectivity index (χ2v) is 4.15. The van der Waals surface area contributed by atoms with Crippen molar-refractivity contribution < 1.29 is 9.53 Å². The number of alkyl carbamates (subject to hydrolysis) is 1. The summed E-state index contributed by atoms with van der Waals surface area (Å²) in [6, 6.07) is 9.91. The highest BCUT2D eigenvalue weighted by Crippen LogP contribution is 2.29. The van der Waals surface area contributed by atoms with Crippen LogP contribution in [-0.4, -0.2) is 12.2 Å². The van der Waals surface area contributed by atoms with Gasteiger partial charge in [-0.15, -0.1) is 0 Å². The largest absolute Gasteiger partial charge is 0.443 e. The zero-order chi connectivity index (χ0) is 10.8. The molecule has 0 saturated carbocycles. The first-order valence-electron chi connectivity index (χ1n) is 5.20. The SMILES string of the molecule is CC(C)[C@H]1OC(=O)N[C@@H]1c1ccccc1. The lowest BCUT2D eigenvalue weighted by atomic mass is 9.94. The number of ether oxygens (including phenoxy) is 1. The molecule has 80 valence electrons. The highest BCUT2D eigenvalue weighted by atomic mass is 16.6. The molecule has 1 aliphatic heterocycles. The Balaban J connectivity index is 2.24. The molecular weight excluding hydrogens is 190 g/mol. The van der Waals surface area contributed by atoms with Crippen molar-refractivity contribution in [3.63, 3.8) is 0 Å². The maximum Gasteiger partial charge on any atom is 0.408 e. The molecule has 0 aliphatic carbocycles. The van der Waals surface area contributed by atoms with Crippen molar-refractivity contribution in [1.82, 2.24) is 5.32 Å². The van der Waals surface area contributed by atoms with Gasteiger partial charge in [0.1, 0.15) is 6.10 Å². The van der Waals surface area contributed by atoms with Crippen LogP contribution in [0, 0.1) is 5.92 Å². The molecule has 0 bridgehead atoms. The van der Waals surface area contributed by atoms with Crippen molar-refractivity contribution in [3.8, 4) is 0 Å². The van der Waals surface area contributed by atoms with Crippen LogP contribution in [-0.2, 0) is 4.74 Å². The van der Waals surface area contributed by atoms with Crippen molar-refractivity contribution in [1.29, 1.82) is 0 Å². The summed E-state index contributed by atoms with van der Waals surface area (Å²) >= 11 is 0. The van der Waals surface area contributed by atoms with Crippen molar-refractivity contribution in [2.75, 3.05) is 0 Å². The molecule has 1 amide bonds. The second kappa shape index (κ2) is 3.93. The standard InChI is InChI=1S/C12H15NO2/c1-8(2)11-10(13-12(14)15-11)9-6-4-3-5-7-9/h3-8,10-11H,1-2H3,(H,13,14)/t10-,11-/m1/s1. The summed E-state index contributed by atoms with van der Waals surface area (Å²) in [7, 11) is 0. The second-order valence-electron chi connectivity index (χ2n) is 4.15. The van der Waals surface area contributed by atoms with Gasteiger partial charge in [0.25, 0.3) is 0 Å². The van der Waals surface area contributed by atoms with Gasteiger partial charge in [0, 0.05) is 0 Å². The van der Waals surface area contributed by atoms with E-state index in [1.807, 2.05) is 30.3 Å². The summed E-state index contributed by atoms with van der Waals surface area (Å²) in [4.78, 5) is 11.2. The highest BCUT2D eigenvalue weighted by Gasteiger charge is 2.36. The van der Waals surface area contributed by atoms with Gasteiger partial charge in [-0.1, -0.05) is 44.2 Å². The minimum absolute atomic E-state index is 0.0151. The Kier molecular flexibility index (Phi) is 2.62. The van der Waals surface area contributed by atoms with Gasteiger partial charge in [-0.05, 0) is 11.5 Å². The third-order valence-corrected chi connectivity index (χ3v) is 2.66. The number of cyclic esters (lactones) is 1. The minimum Gasteiger partial charge on any atom is -0.443 e. The van der Waals surface area contributed by atoms with E-state index in [9.17, 15) is 4.79 Å². The van der Waals surface area contributed by atoms with E-state index in [1.54, 1.807) is 0 Å². The number of carbonyl (C=O) groups is 1. The molecule has 2 rings (SSSR count). The Morgan fingerprint density at radius 3 is 2.53 bits per heavy atom. The number of rotatable bonds is 2. The first kappa shape index (κ1) is 10.0. The van der Waals surface area contributed by atoms with E-state index in [2.05, 4.69) is 19.2 Å². The van der Waals surface area contributed by atoms with E-state index >= 15 is 0 Å². The quantitative estimate of drug-likeness (QED) is 0.805. The summed E-state index contributed by atoms with van der Waals surface area (Å²) in [5.41, 5.74) is 1.10. The molecule has 1 heterocycles. The van der Waals surface area contributed by atoms with Crippen LogP contribution in [0.15, 0.2) is 30.3 Å². The Bertz CT molecular complexity index is 348. The van der Waals surface area contributed by atoms with Crippen LogP contribution in [0.5, 0.6) is 0 Å². The number of hydrogen-bond donors (Lipinski definition) is 1. The van der Waals surface area contributed by atoms with Crippen LogP contribution >= 0.6 is 0 Å². The van der Waals surface area contributed by atoms with Gasteiger partial charge in [-0.2, -0.15) is 0 Å². The molecule has 1 aliphatic rings. The van der Waals surface area contributed by atoms with Crippen molar-refractivity contribution >= 4 is 6.09 Å². The average Bonchev–Trinajstić information content (AvgIpc) is 2.62. The van der Waals surface area contributed by atoms with Crippen molar-refractivity contribution in [2.24, 2.45) is 5.92 Å². The number of amides is 1. The highest BCUT2D eigenvalue weighted by molar-refractivity contribution is 5.70. The molecule has 0 spiro atoms. The van der Waals surface area contributed by atoms with Crippen molar-refractivity contribution in [3.05, 3.63) is 35.9 Å². The van der Waals surface area contributed by atoms with E-state index in [-0.39, 0.29) is 18.2 Å². The van der Waals surface area contributed by atoms with Gasteiger partial charge >= 0.3 is 6.09 Å². The van der Waals surface area contributed by atoms with Gasteiger partial charge in [0.2, 0.25) is 0 Å². The predicted molar refractivity (Wildman–Crippen MR) is 57.4 cm³/mol. The summed E-state index contributed by atoms with van der Waals surface area (Å²) in [5.74, 6) is 0.314. The lowest BCUT2D eigenvalue weighted by molar-refractivity contribution is 0.102. The Hall–Kier alpha value is -1.51. The van der Waals surface area contributed by atoms with Gasteiger partial charge in [0.05, 0.1) is 6.04 Å². The van der Waals surface area contributed by atoms with Crippen LogP contribution in [0.1, 0.15) is 25.5 Å². The predicted octanol–water partition coefficient (Wildman–Crippen LogP) is 2.49. The molecule has 1 saturated heterocycles. The maximum atomic E-state index is 11.2. The average molecular weight is 205 g/mol. The first-order chi connectivity index (χ1) is 7.18. The van der Waals surface area contributed by atoms with E-state index in [0.29, 0.717) is 5.92 Å². The smallest absolute Gasteiger partial charge is 0.408 e. The first-order valence-corrected chi connectivity index (χ1v) is 5.20. The molecule has 2 atom stereocenters. The molecule has 1 N–H and O–H groups in total. The fraction of sp³-hybridized carbons (Fsp3) is 0.417. The van der Waals surface area contributed by atoms with E-state index in [4.69, 9.17) is 4.74 Å². The molecule has 1 aromatic carbocycles. The molecule has 1 aromatic rings. The molecule has 3 heteroatoms. The Morgan fingerprint density at radius 2 is 1.93 bits per heavy atom. The van der Waals surface area contributed by atoms with E-state index in [0.717, 1.165) is 5.56 Å². The normalized spacial score (nSPS) is 25.1. The monoisotopic (exact) mass is 205 g/mol. The van der Waals surface area contributed by atoms with Crippen LogP contribution in [0.3, 0.4) is 0 Å². The number of hydrogen-bond acceptors (Lipinski definition) is 2. The van der Waals surface area contributed by atoms with Crippen LogP contribution < -0.4 is 5.32 Å². The van der Waals surface area contributed by atoms with Crippen LogP contribution in [0.25, 0.3) is 0 Å². The summed E-state index contributed by atoms with van der Waals surface area (Å²) < 4.78 is 5.24. The zero-order valence-electron chi connectivity index (χ0n) is 8.94. The van der Waals surface area contributed by atoms with E-state index in [1.165, 1.54) is 0 Å². The fourth-order valence-corrected chi connectivity index (χ4v) is 1.89. The van der Waals surface area contributed by atoms with Crippen molar-refractivity contribution in [2.45, 2.75) is 26.0 Å².